The van der Waals surface area contributed by atoms with Gasteiger partial charge >= 0.3 is 7.48 Å². The first-order valence-electron chi connectivity index (χ1n) is 9.49. The van der Waals surface area contributed by atoms with Crippen molar-refractivity contribution in [3.05, 3.63) is 72.3 Å². The molecular formula is C21H25B3O4. The van der Waals surface area contributed by atoms with E-state index in [1.165, 1.54) is 28.3 Å². The number of hydrogen-bond acceptors (Lipinski definition) is 4. The highest BCUT2D eigenvalue weighted by Crippen LogP contribution is 2.48. The fraction of sp³-hybridized carbons (Fsp3) is 0.286. The maximum atomic E-state index is 11.4. The van der Waals surface area contributed by atoms with E-state index in [1.54, 1.807) is 7.11 Å². The maximum absolute atomic E-state index is 11.4. The van der Waals surface area contributed by atoms with Gasteiger partial charge in [0.25, 0.3) is 15.0 Å². The van der Waals surface area contributed by atoms with E-state index in [-0.39, 0.29) is 17.6 Å². The monoisotopic (exact) mass is 374 g/mol. The Bertz CT molecular complexity index is 821. The highest BCUT2D eigenvalue weighted by molar-refractivity contribution is 6.59. The minimum absolute atomic E-state index is 0.0190. The van der Waals surface area contributed by atoms with E-state index in [2.05, 4.69) is 55.1 Å². The van der Waals surface area contributed by atoms with Crippen molar-refractivity contribution in [3.63, 3.8) is 0 Å². The summed E-state index contributed by atoms with van der Waals surface area (Å²) >= 11 is 0. The van der Waals surface area contributed by atoms with Crippen molar-refractivity contribution < 1.29 is 18.8 Å². The number of carbonyl (C=O) groups is 1. The van der Waals surface area contributed by atoms with Gasteiger partial charge in [-0.2, -0.15) is 0 Å². The summed E-state index contributed by atoms with van der Waals surface area (Å²) in [7, 11) is 3.02. The standard InChI is InChI=1S/C21H25B3O4/c1-5-15(25)14-27-22-20(2,3)28-24-21(23-26-4)18-12-8-6-10-16(18)17-11-7-9-13-19(17)21/h5-13,22-24H,1,14H2,2-4H3. The third-order valence-electron chi connectivity index (χ3n) is 5.20. The Morgan fingerprint density at radius 1 is 1.07 bits per heavy atom. The Labute approximate surface area is 169 Å². The summed E-state index contributed by atoms with van der Waals surface area (Å²) in [6.07, 6.45) is 1.27. The summed E-state index contributed by atoms with van der Waals surface area (Å²) in [4.78, 5) is 11.4. The first-order chi connectivity index (χ1) is 13.4. The Morgan fingerprint density at radius 2 is 1.64 bits per heavy atom. The van der Waals surface area contributed by atoms with Gasteiger partial charge in [0, 0.05) is 17.8 Å². The van der Waals surface area contributed by atoms with Crippen molar-refractivity contribution in [1.82, 2.24) is 0 Å². The van der Waals surface area contributed by atoms with Crippen molar-refractivity contribution in [2.45, 2.75) is 24.6 Å². The Kier molecular flexibility index (Phi) is 6.28. The molecule has 1 aliphatic carbocycles. The van der Waals surface area contributed by atoms with Crippen LogP contribution >= 0.6 is 0 Å². The fourth-order valence-electron chi connectivity index (χ4n) is 3.83. The number of ketones is 1. The summed E-state index contributed by atoms with van der Waals surface area (Å²) in [5.74, 6) is -0.134. The lowest BCUT2D eigenvalue weighted by Gasteiger charge is -2.33. The molecule has 0 N–H and O–H groups in total. The van der Waals surface area contributed by atoms with Crippen LogP contribution in [0.1, 0.15) is 25.0 Å². The van der Waals surface area contributed by atoms with E-state index in [0.717, 1.165) is 0 Å². The zero-order valence-electron chi connectivity index (χ0n) is 16.9. The van der Waals surface area contributed by atoms with Gasteiger partial charge in [0.05, 0.1) is 6.61 Å². The first kappa shape index (κ1) is 20.7. The number of hydrogen-bond donors (Lipinski definition) is 0. The Hall–Kier alpha value is -2.08. The van der Waals surface area contributed by atoms with E-state index in [4.69, 9.17) is 14.0 Å². The van der Waals surface area contributed by atoms with Gasteiger partial charge in [-0.15, -0.1) is 0 Å². The predicted molar refractivity (Wildman–Crippen MR) is 117 cm³/mol. The largest absolute Gasteiger partial charge is 0.441 e. The molecule has 0 spiro atoms. The second kappa shape index (κ2) is 8.52. The van der Waals surface area contributed by atoms with Crippen LogP contribution < -0.4 is 0 Å². The summed E-state index contributed by atoms with van der Waals surface area (Å²) in [5.41, 5.74) is 4.34. The van der Waals surface area contributed by atoms with Crippen LogP contribution in [-0.2, 0) is 24.0 Å². The van der Waals surface area contributed by atoms with Crippen LogP contribution in [0.25, 0.3) is 11.1 Å². The van der Waals surface area contributed by atoms with Crippen LogP contribution in [0.5, 0.6) is 0 Å². The minimum Gasteiger partial charge on any atom is -0.441 e. The van der Waals surface area contributed by atoms with Gasteiger partial charge in [-0.25, -0.2) is 0 Å². The molecule has 4 nitrogen and oxygen atoms in total. The van der Waals surface area contributed by atoms with Gasteiger partial charge in [0.1, 0.15) is 0 Å². The van der Waals surface area contributed by atoms with Crippen molar-refractivity contribution in [3.8, 4) is 11.1 Å². The van der Waals surface area contributed by atoms with Gasteiger partial charge in [-0.1, -0.05) is 55.1 Å². The predicted octanol–water partition coefficient (Wildman–Crippen LogP) is 2.09. The molecule has 0 saturated carbocycles. The lowest BCUT2D eigenvalue weighted by Crippen LogP contribution is -2.47. The second-order valence-electron chi connectivity index (χ2n) is 7.82. The molecule has 2 aromatic carbocycles. The highest BCUT2D eigenvalue weighted by Gasteiger charge is 2.46. The molecule has 0 amide bonds. The van der Waals surface area contributed by atoms with Gasteiger partial charge < -0.3 is 14.0 Å². The third kappa shape index (κ3) is 4.02. The maximum Gasteiger partial charge on any atom is 0.305 e. The van der Waals surface area contributed by atoms with Crippen molar-refractivity contribution >= 4 is 28.2 Å². The molecule has 0 heterocycles. The zero-order chi connectivity index (χ0) is 20.2. The van der Waals surface area contributed by atoms with Crippen LogP contribution in [-0.4, -0.2) is 47.4 Å². The SMILES string of the molecule is C=CC(=O)COBC(C)(C)OBC1(BOC)c2ccccc2-c2ccccc21. The summed E-state index contributed by atoms with van der Waals surface area (Å²) in [6, 6.07) is 16.9. The van der Waals surface area contributed by atoms with Crippen molar-refractivity contribution in [1.29, 1.82) is 0 Å². The van der Waals surface area contributed by atoms with Gasteiger partial charge in [0.2, 0.25) is 0 Å². The zero-order valence-corrected chi connectivity index (χ0v) is 16.9. The number of carbonyl (C=O) groups excluding carboxylic acids is 1. The summed E-state index contributed by atoms with van der Waals surface area (Å²) in [6.45, 7) is 7.42. The van der Waals surface area contributed by atoms with E-state index < -0.39 is 5.50 Å². The Morgan fingerprint density at radius 3 is 2.18 bits per heavy atom. The van der Waals surface area contributed by atoms with Crippen LogP contribution in [0.15, 0.2) is 61.2 Å². The minimum atomic E-state index is -0.547. The van der Waals surface area contributed by atoms with Crippen molar-refractivity contribution in [2.24, 2.45) is 0 Å². The topological polar surface area (TPSA) is 44.8 Å². The average Bonchev–Trinajstić information content (AvgIpc) is 2.97. The van der Waals surface area contributed by atoms with E-state index in [0.29, 0.717) is 22.4 Å². The second-order valence-corrected chi connectivity index (χ2v) is 7.82. The fourth-order valence-corrected chi connectivity index (χ4v) is 3.83. The molecule has 0 saturated heterocycles. The molecule has 1 aliphatic rings. The molecule has 142 valence electrons. The number of benzene rings is 2. The molecule has 0 atom stereocenters. The molecule has 2 aromatic rings. The summed E-state index contributed by atoms with van der Waals surface area (Å²) < 4.78 is 17.5. The van der Waals surface area contributed by atoms with Crippen molar-refractivity contribution in [2.75, 3.05) is 13.7 Å². The molecule has 0 bridgehead atoms. The third-order valence-corrected chi connectivity index (χ3v) is 5.20. The first-order valence-corrected chi connectivity index (χ1v) is 9.49. The molecular weight excluding hydrogens is 349 g/mol. The van der Waals surface area contributed by atoms with Crippen LogP contribution in [0.2, 0.25) is 0 Å². The lowest BCUT2D eigenvalue weighted by atomic mass is 9.42. The quantitative estimate of drug-likeness (QED) is 0.472. The molecule has 0 unspecified atom stereocenters. The van der Waals surface area contributed by atoms with Crippen LogP contribution in [0.4, 0.5) is 0 Å². The van der Waals surface area contributed by atoms with Gasteiger partial charge in [-0.05, 0) is 42.2 Å². The smallest absolute Gasteiger partial charge is 0.305 e. The van der Waals surface area contributed by atoms with Crippen LogP contribution in [0.3, 0.4) is 0 Å². The lowest BCUT2D eigenvalue weighted by molar-refractivity contribution is -0.116. The molecule has 0 fully saturated rings. The number of fused-ring (bicyclic) bond motifs is 3. The van der Waals surface area contributed by atoms with Crippen LogP contribution in [0, 0.1) is 0 Å². The average molecular weight is 374 g/mol. The highest BCUT2D eigenvalue weighted by atomic mass is 16.5. The molecule has 0 radical (unpaired) electrons. The van der Waals surface area contributed by atoms with E-state index in [9.17, 15) is 4.79 Å². The van der Waals surface area contributed by atoms with E-state index >= 15 is 0 Å². The molecule has 0 aromatic heterocycles. The van der Waals surface area contributed by atoms with Gasteiger partial charge in [0.15, 0.2) is 5.78 Å². The molecule has 3 rings (SSSR count). The Balaban J connectivity index is 1.85. The summed E-state index contributed by atoms with van der Waals surface area (Å²) in [5, 5.41) is -0.379. The van der Waals surface area contributed by atoms with E-state index in [1.807, 2.05) is 13.8 Å². The number of rotatable bonds is 10. The molecule has 0 aliphatic heterocycles. The molecule has 7 heteroatoms. The van der Waals surface area contributed by atoms with Gasteiger partial charge in [-0.3, -0.25) is 4.79 Å². The normalized spacial score (nSPS) is 14.0. The molecule has 28 heavy (non-hydrogen) atoms.